The van der Waals surface area contributed by atoms with Crippen molar-refractivity contribution in [3.63, 3.8) is 0 Å². The number of fused-ring (bicyclic) bond motifs is 2. The molecule has 45 heavy (non-hydrogen) atoms. The number of anilines is 1. The van der Waals surface area contributed by atoms with Gasteiger partial charge in [-0.2, -0.15) is 10.2 Å². The number of hydrogen-bond donors (Lipinski definition) is 1. The second kappa shape index (κ2) is 11.6. The van der Waals surface area contributed by atoms with Crippen molar-refractivity contribution in [2.45, 2.75) is 51.6 Å². The van der Waals surface area contributed by atoms with Crippen LogP contribution < -0.4 is 9.64 Å². The van der Waals surface area contributed by atoms with E-state index in [-0.39, 0.29) is 43.0 Å². The number of carboxylic acid groups (broad SMARTS) is 1. The van der Waals surface area contributed by atoms with Crippen LogP contribution in [0.3, 0.4) is 0 Å². The number of imidazole rings is 1. The first kappa shape index (κ1) is 30.3. The van der Waals surface area contributed by atoms with Crippen molar-refractivity contribution in [2.75, 3.05) is 44.7 Å². The van der Waals surface area contributed by atoms with E-state index in [4.69, 9.17) is 9.72 Å². The van der Waals surface area contributed by atoms with Gasteiger partial charge in [-0.15, -0.1) is 5.10 Å². The van der Waals surface area contributed by atoms with Crippen molar-refractivity contribution in [1.29, 1.82) is 5.26 Å². The van der Waals surface area contributed by atoms with Crippen LogP contribution in [0.1, 0.15) is 56.1 Å². The molecule has 0 saturated carbocycles. The highest BCUT2D eigenvalue weighted by molar-refractivity contribution is 6.15. The topological polar surface area (TPSA) is 140 Å². The number of nitriles is 1. The predicted molar refractivity (Wildman–Crippen MR) is 169 cm³/mol. The number of piperazine rings is 1. The van der Waals surface area contributed by atoms with Crippen molar-refractivity contribution < 1.29 is 19.4 Å². The van der Waals surface area contributed by atoms with Crippen LogP contribution in [0.15, 0.2) is 48.7 Å². The third kappa shape index (κ3) is 5.31. The summed E-state index contributed by atoms with van der Waals surface area (Å²) >= 11 is 0. The van der Waals surface area contributed by atoms with Gasteiger partial charge in [-0.25, -0.2) is 14.3 Å². The summed E-state index contributed by atoms with van der Waals surface area (Å²) in [5.74, 6) is 0.183. The molecule has 2 unspecified atom stereocenters. The van der Waals surface area contributed by atoms with Crippen LogP contribution in [0.2, 0.25) is 0 Å². The number of ether oxygens (including phenoxy) is 1. The Morgan fingerprint density at radius 3 is 2.62 bits per heavy atom. The number of aromatic nitrogens is 4. The van der Waals surface area contributed by atoms with Gasteiger partial charge in [0, 0.05) is 31.2 Å². The summed E-state index contributed by atoms with van der Waals surface area (Å²) in [6.45, 7) is 7.89. The molecule has 2 aromatic heterocycles. The van der Waals surface area contributed by atoms with Crippen LogP contribution >= 0.6 is 0 Å². The molecule has 0 bridgehead atoms. The largest absolute Gasteiger partial charge is 0.465 e. The van der Waals surface area contributed by atoms with Crippen LogP contribution in [-0.4, -0.2) is 97.8 Å². The third-order valence-electron chi connectivity index (χ3n) is 9.53. The van der Waals surface area contributed by atoms with E-state index in [1.807, 2.05) is 62.1 Å². The van der Waals surface area contributed by atoms with Gasteiger partial charge in [-0.1, -0.05) is 63.2 Å². The van der Waals surface area contributed by atoms with Crippen molar-refractivity contribution in [3.05, 3.63) is 59.9 Å². The predicted octanol–water partition coefficient (Wildman–Crippen LogP) is 4.48. The summed E-state index contributed by atoms with van der Waals surface area (Å²) in [6, 6.07) is 15.9. The van der Waals surface area contributed by atoms with Gasteiger partial charge in [-0.05, 0) is 42.6 Å². The average molecular weight is 611 g/mol. The molecule has 2 fully saturated rings. The van der Waals surface area contributed by atoms with Crippen LogP contribution in [0.5, 0.6) is 6.01 Å². The molecular formula is C33H38N8O4. The van der Waals surface area contributed by atoms with E-state index < -0.39 is 17.0 Å². The lowest BCUT2D eigenvalue weighted by Gasteiger charge is -2.55. The number of carbonyl (C=O) groups is 2. The smallest absolute Gasteiger partial charge is 0.407 e. The molecule has 2 aliphatic heterocycles. The first-order chi connectivity index (χ1) is 21.5. The number of likely N-dealkylation sites (tertiary alicyclic amines) is 1. The summed E-state index contributed by atoms with van der Waals surface area (Å²) in [5, 5.41) is 26.5. The molecule has 234 valence electrons. The van der Waals surface area contributed by atoms with E-state index in [0.29, 0.717) is 30.2 Å². The molecule has 6 rings (SSSR count). The Morgan fingerprint density at radius 1 is 1.13 bits per heavy atom. The molecule has 0 radical (unpaired) electrons. The Balaban J connectivity index is 1.46. The minimum Gasteiger partial charge on any atom is -0.465 e. The molecule has 0 spiro atoms. The second-order valence-corrected chi connectivity index (χ2v) is 13.0. The molecular weight excluding hydrogens is 572 g/mol. The number of hydrogen-bond acceptors (Lipinski definition) is 9. The Bertz CT molecular complexity index is 1800. The standard InChI is InChI=1S/C33H38N8O4/c1-32(2,3)33(14-15-34)21-39(17-18-40(33)31(43)44)29-28-35-19-26(27(42)25-13-7-10-22-9-5-6-12-24(22)25)41(28)37-30(36-29)45-20-23-11-8-16-38(23)4/h5-7,9-10,12-13,19,23H,8,11,14,16-18,20-21H2,1-4H3,(H,43,44). The van der Waals surface area contributed by atoms with Crippen molar-refractivity contribution in [3.8, 4) is 12.1 Å². The molecule has 2 atom stereocenters. The fourth-order valence-corrected chi connectivity index (χ4v) is 6.76. The molecule has 0 aliphatic carbocycles. The van der Waals surface area contributed by atoms with Gasteiger partial charge in [0.1, 0.15) is 12.3 Å². The van der Waals surface area contributed by atoms with Gasteiger partial charge in [-0.3, -0.25) is 9.69 Å². The monoisotopic (exact) mass is 610 g/mol. The van der Waals surface area contributed by atoms with E-state index in [1.54, 1.807) is 6.07 Å². The number of likely N-dealkylation sites (N-methyl/N-ethyl adjacent to an activating group) is 1. The van der Waals surface area contributed by atoms with E-state index in [0.717, 1.165) is 30.2 Å². The lowest BCUT2D eigenvalue weighted by atomic mass is 9.69. The minimum absolute atomic E-state index is 0.00268. The van der Waals surface area contributed by atoms with E-state index in [2.05, 4.69) is 28.1 Å². The molecule has 1 amide bonds. The molecule has 12 heteroatoms. The highest BCUT2D eigenvalue weighted by atomic mass is 16.5. The highest BCUT2D eigenvalue weighted by Gasteiger charge is 2.52. The van der Waals surface area contributed by atoms with Crippen LogP contribution in [0.4, 0.5) is 10.6 Å². The van der Waals surface area contributed by atoms with Gasteiger partial charge >= 0.3 is 12.1 Å². The SMILES string of the molecule is CN1CCCC1COc1nc(N2CCN(C(=O)O)C(CC#N)(C(C)(C)C)C2)c2ncc(C(=O)c3cccc4ccccc34)n2n1. The fourth-order valence-electron chi connectivity index (χ4n) is 6.76. The lowest BCUT2D eigenvalue weighted by molar-refractivity contribution is -0.00282. The second-order valence-electron chi connectivity index (χ2n) is 13.0. The van der Waals surface area contributed by atoms with Gasteiger partial charge in [0.15, 0.2) is 11.5 Å². The zero-order valence-electron chi connectivity index (χ0n) is 26.1. The highest BCUT2D eigenvalue weighted by Crippen LogP contribution is 2.42. The molecule has 2 aromatic carbocycles. The van der Waals surface area contributed by atoms with Crippen LogP contribution in [0.25, 0.3) is 16.4 Å². The summed E-state index contributed by atoms with van der Waals surface area (Å²) < 4.78 is 7.69. The first-order valence-corrected chi connectivity index (χ1v) is 15.3. The normalized spacial score (nSPS) is 20.9. The number of benzene rings is 2. The van der Waals surface area contributed by atoms with Crippen molar-refractivity contribution in [2.24, 2.45) is 5.41 Å². The van der Waals surface area contributed by atoms with Crippen LogP contribution in [0, 0.1) is 16.7 Å². The van der Waals surface area contributed by atoms with Crippen LogP contribution in [-0.2, 0) is 0 Å². The summed E-state index contributed by atoms with van der Waals surface area (Å²) in [6.07, 6.45) is 2.52. The summed E-state index contributed by atoms with van der Waals surface area (Å²) in [4.78, 5) is 41.6. The maximum Gasteiger partial charge on any atom is 0.407 e. The molecule has 4 heterocycles. The average Bonchev–Trinajstić information content (AvgIpc) is 3.64. The summed E-state index contributed by atoms with van der Waals surface area (Å²) in [7, 11) is 2.07. The first-order valence-electron chi connectivity index (χ1n) is 15.3. The van der Waals surface area contributed by atoms with E-state index in [1.165, 1.54) is 15.6 Å². The van der Waals surface area contributed by atoms with E-state index in [9.17, 15) is 20.0 Å². The molecule has 2 aliphatic rings. The number of carbonyl (C=O) groups excluding carboxylic acids is 1. The molecule has 12 nitrogen and oxygen atoms in total. The van der Waals surface area contributed by atoms with Gasteiger partial charge in [0.2, 0.25) is 5.78 Å². The zero-order valence-corrected chi connectivity index (χ0v) is 26.1. The van der Waals surface area contributed by atoms with E-state index >= 15 is 0 Å². The number of amides is 1. The Labute approximate surface area is 261 Å². The lowest BCUT2D eigenvalue weighted by Crippen LogP contribution is -2.69. The maximum absolute atomic E-state index is 14.1. The van der Waals surface area contributed by atoms with Gasteiger partial charge in [0.05, 0.1) is 24.2 Å². The minimum atomic E-state index is -1.07. The maximum atomic E-state index is 14.1. The summed E-state index contributed by atoms with van der Waals surface area (Å²) in [5.41, 5.74) is -0.472. The quantitative estimate of drug-likeness (QED) is 0.298. The third-order valence-corrected chi connectivity index (χ3v) is 9.53. The molecule has 1 N–H and O–H groups in total. The van der Waals surface area contributed by atoms with Gasteiger partial charge in [0.25, 0.3) is 0 Å². The van der Waals surface area contributed by atoms with Crippen molar-refractivity contribution in [1.82, 2.24) is 29.4 Å². The molecule has 2 saturated heterocycles. The molecule has 4 aromatic rings. The van der Waals surface area contributed by atoms with Crippen molar-refractivity contribution >= 4 is 34.1 Å². The number of ketones is 1. The Hall–Kier alpha value is -4.76. The fraction of sp³-hybridized carbons (Fsp3) is 0.455. The number of rotatable bonds is 7. The van der Waals surface area contributed by atoms with Gasteiger partial charge < -0.3 is 19.6 Å². The zero-order chi connectivity index (χ0) is 31.9. The Morgan fingerprint density at radius 2 is 1.91 bits per heavy atom. The Kier molecular flexibility index (Phi) is 7.82. The number of nitrogens with zero attached hydrogens (tertiary/aromatic N) is 8.